The molecule has 0 aliphatic carbocycles. The summed E-state index contributed by atoms with van der Waals surface area (Å²) in [6.07, 6.45) is 3.55. The molecule has 0 unspecified atom stereocenters. The Morgan fingerprint density at radius 2 is 1.75 bits per heavy atom. The fraction of sp³-hybridized carbons (Fsp3) is 0.500. The van der Waals surface area contributed by atoms with E-state index in [-0.39, 0.29) is 24.3 Å². The lowest BCUT2D eigenvalue weighted by atomic mass is 10.1. The van der Waals surface area contributed by atoms with Crippen LogP contribution < -0.4 is 4.90 Å². The summed E-state index contributed by atoms with van der Waals surface area (Å²) < 4.78 is 0. The summed E-state index contributed by atoms with van der Waals surface area (Å²) in [5.41, 5.74) is 1.09. The quantitative estimate of drug-likeness (QED) is 0.730. The van der Waals surface area contributed by atoms with Gasteiger partial charge in [0, 0.05) is 58.4 Å². The molecule has 2 fully saturated rings. The summed E-state index contributed by atoms with van der Waals surface area (Å²) in [5.74, 6) is -0.399. The highest BCUT2D eigenvalue weighted by atomic mass is 16.2. The normalized spacial score (nSPS) is 21.7. The van der Waals surface area contributed by atoms with E-state index in [0.717, 1.165) is 23.7 Å². The molecule has 2 saturated heterocycles. The third kappa shape index (κ3) is 2.91. The van der Waals surface area contributed by atoms with Crippen LogP contribution in [0, 0.1) is 0 Å². The average Bonchev–Trinajstić information content (AvgIpc) is 2.80. The Morgan fingerprint density at radius 1 is 1.12 bits per heavy atom. The van der Waals surface area contributed by atoms with E-state index in [1.807, 2.05) is 12.1 Å². The Bertz CT molecular complexity index is 642. The van der Waals surface area contributed by atoms with E-state index in [0.29, 0.717) is 13.1 Å². The zero-order valence-electron chi connectivity index (χ0n) is 13.9. The molecule has 3 heterocycles. The first-order chi connectivity index (χ1) is 11.5. The largest absolute Gasteiger partial charge is 0.368 e. The number of pyridine rings is 1. The van der Waals surface area contributed by atoms with Crippen molar-refractivity contribution in [3.05, 3.63) is 24.5 Å². The first-order valence-electron chi connectivity index (χ1n) is 7.96. The average molecular weight is 331 g/mol. The Balaban J connectivity index is 1.56. The van der Waals surface area contributed by atoms with Gasteiger partial charge in [0.25, 0.3) is 5.91 Å². The number of urea groups is 1. The summed E-state index contributed by atoms with van der Waals surface area (Å²) in [4.78, 5) is 46.7. The van der Waals surface area contributed by atoms with Crippen molar-refractivity contribution < 1.29 is 14.4 Å². The second-order valence-corrected chi connectivity index (χ2v) is 6.08. The lowest BCUT2D eigenvalue weighted by Crippen LogP contribution is -2.50. The van der Waals surface area contributed by atoms with Crippen LogP contribution in [0.15, 0.2) is 24.5 Å². The second kappa shape index (κ2) is 6.46. The van der Waals surface area contributed by atoms with Gasteiger partial charge in [-0.3, -0.25) is 19.5 Å². The number of imide groups is 1. The Labute approximate surface area is 140 Å². The van der Waals surface area contributed by atoms with Crippen molar-refractivity contribution in [2.45, 2.75) is 12.5 Å². The third-order valence-electron chi connectivity index (χ3n) is 4.70. The van der Waals surface area contributed by atoms with Crippen molar-refractivity contribution in [1.82, 2.24) is 19.7 Å². The molecule has 0 spiro atoms. The van der Waals surface area contributed by atoms with E-state index in [9.17, 15) is 14.4 Å². The maximum atomic E-state index is 12.5. The number of piperazine rings is 1. The number of hydrogen-bond donors (Lipinski definition) is 0. The van der Waals surface area contributed by atoms with Gasteiger partial charge < -0.3 is 14.7 Å². The van der Waals surface area contributed by atoms with Gasteiger partial charge in [-0.1, -0.05) is 0 Å². The molecule has 3 rings (SSSR count). The predicted molar refractivity (Wildman–Crippen MR) is 87.4 cm³/mol. The molecule has 1 aromatic rings. The first-order valence-corrected chi connectivity index (χ1v) is 7.96. The molecule has 8 nitrogen and oxygen atoms in total. The van der Waals surface area contributed by atoms with Crippen LogP contribution >= 0.6 is 0 Å². The smallest absolute Gasteiger partial charge is 0.326 e. The summed E-state index contributed by atoms with van der Waals surface area (Å²) >= 11 is 0. The summed E-state index contributed by atoms with van der Waals surface area (Å²) in [5, 5.41) is 0. The molecule has 4 amide bonds. The number of rotatable bonds is 3. The molecule has 2 aliphatic rings. The van der Waals surface area contributed by atoms with Gasteiger partial charge in [0.05, 0.1) is 6.42 Å². The van der Waals surface area contributed by atoms with Crippen LogP contribution in [0.1, 0.15) is 6.42 Å². The molecule has 0 radical (unpaired) electrons. The molecule has 1 aromatic heterocycles. The van der Waals surface area contributed by atoms with Crippen LogP contribution in [-0.4, -0.2) is 83.8 Å². The zero-order valence-corrected chi connectivity index (χ0v) is 13.9. The molecular formula is C16H21N5O3. The van der Waals surface area contributed by atoms with Crippen molar-refractivity contribution in [3.8, 4) is 0 Å². The molecule has 24 heavy (non-hydrogen) atoms. The fourth-order valence-electron chi connectivity index (χ4n) is 3.14. The highest BCUT2D eigenvalue weighted by molar-refractivity contribution is 6.05. The maximum absolute atomic E-state index is 12.5. The second-order valence-electron chi connectivity index (χ2n) is 6.08. The summed E-state index contributed by atoms with van der Waals surface area (Å²) in [7, 11) is 3.00. The van der Waals surface area contributed by atoms with Crippen molar-refractivity contribution >= 4 is 23.5 Å². The maximum Gasteiger partial charge on any atom is 0.326 e. The Hall–Kier alpha value is -2.64. The van der Waals surface area contributed by atoms with Gasteiger partial charge in [0.2, 0.25) is 5.91 Å². The van der Waals surface area contributed by atoms with Crippen molar-refractivity contribution in [1.29, 1.82) is 0 Å². The van der Waals surface area contributed by atoms with Crippen LogP contribution in [0.5, 0.6) is 0 Å². The lowest BCUT2D eigenvalue weighted by Gasteiger charge is -2.36. The standard InChI is InChI=1S/C16H21N5O3/c1-18-13(15(23)19(2)16(18)24)11-14(22)21-9-7-20(8-10-21)12-3-5-17-6-4-12/h3-6,13H,7-11H2,1-2H3/t13-/m1/s1. The fourth-order valence-corrected chi connectivity index (χ4v) is 3.14. The molecule has 0 N–H and O–H groups in total. The monoisotopic (exact) mass is 331 g/mol. The van der Waals surface area contributed by atoms with Crippen molar-refractivity contribution in [2.75, 3.05) is 45.2 Å². The zero-order chi connectivity index (χ0) is 17.3. The number of amides is 4. The predicted octanol–water partition coefficient (Wildman–Crippen LogP) is 0.0127. The minimum absolute atomic E-state index is 0.0423. The van der Waals surface area contributed by atoms with E-state index in [2.05, 4.69) is 9.88 Å². The van der Waals surface area contributed by atoms with Crippen LogP contribution in [0.2, 0.25) is 0 Å². The van der Waals surface area contributed by atoms with Crippen LogP contribution in [0.3, 0.4) is 0 Å². The minimum atomic E-state index is -0.687. The number of aromatic nitrogens is 1. The SMILES string of the molecule is CN1C(=O)[C@@H](CC(=O)N2CCN(c3ccncc3)CC2)N(C)C1=O. The van der Waals surface area contributed by atoms with Gasteiger partial charge in [-0.05, 0) is 12.1 Å². The van der Waals surface area contributed by atoms with Crippen molar-refractivity contribution in [3.63, 3.8) is 0 Å². The number of carbonyl (C=O) groups excluding carboxylic acids is 3. The molecule has 8 heteroatoms. The molecule has 0 bridgehead atoms. The van der Waals surface area contributed by atoms with E-state index >= 15 is 0 Å². The molecule has 128 valence electrons. The topological polar surface area (TPSA) is 77.1 Å². The number of anilines is 1. The van der Waals surface area contributed by atoms with Gasteiger partial charge in [-0.15, -0.1) is 0 Å². The molecule has 0 aromatic carbocycles. The number of likely N-dealkylation sites (N-methyl/N-ethyl adjacent to an activating group) is 2. The molecule has 1 atom stereocenters. The van der Waals surface area contributed by atoms with Gasteiger partial charge in [0.15, 0.2) is 0 Å². The number of carbonyl (C=O) groups is 3. The lowest BCUT2D eigenvalue weighted by molar-refractivity contribution is -0.136. The van der Waals surface area contributed by atoms with E-state index < -0.39 is 6.04 Å². The number of hydrogen-bond acceptors (Lipinski definition) is 5. The third-order valence-corrected chi connectivity index (χ3v) is 4.70. The van der Waals surface area contributed by atoms with Crippen LogP contribution in [0.4, 0.5) is 10.5 Å². The number of nitrogens with zero attached hydrogens (tertiary/aromatic N) is 5. The van der Waals surface area contributed by atoms with Gasteiger partial charge >= 0.3 is 6.03 Å². The van der Waals surface area contributed by atoms with Crippen LogP contribution in [0.25, 0.3) is 0 Å². The van der Waals surface area contributed by atoms with Gasteiger partial charge in [-0.25, -0.2) is 4.79 Å². The van der Waals surface area contributed by atoms with Crippen LogP contribution in [-0.2, 0) is 9.59 Å². The highest BCUT2D eigenvalue weighted by Gasteiger charge is 2.42. The van der Waals surface area contributed by atoms with Gasteiger partial charge in [0.1, 0.15) is 6.04 Å². The molecule has 2 aliphatic heterocycles. The Kier molecular flexibility index (Phi) is 4.37. The van der Waals surface area contributed by atoms with E-state index in [4.69, 9.17) is 0 Å². The Morgan fingerprint density at radius 3 is 2.29 bits per heavy atom. The summed E-state index contributed by atoms with van der Waals surface area (Å²) in [6, 6.07) is 2.85. The highest BCUT2D eigenvalue weighted by Crippen LogP contribution is 2.19. The van der Waals surface area contributed by atoms with Gasteiger partial charge in [-0.2, -0.15) is 0 Å². The van der Waals surface area contributed by atoms with E-state index in [1.165, 1.54) is 11.9 Å². The minimum Gasteiger partial charge on any atom is -0.368 e. The molecule has 0 saturated carbocycles. The van der Waals surface area contributed by atoms with E-state index in [1.54, 1.807) is 24.3 Å². The molecular weight excluding hydrogens is 310 g/mol. The first kappa shape index (κ1) is 16.2. The van der Waals surface area contributed by atoms with Crippen molar-refractivity contribution in [2.24, 2.45) is 0 Å². The summed E-state index contributed by atoms with van der Waals surface area (Å²) in [6.45, 7) is 2.69.